The van der Waals surface area contributed by atoms with Crippen molar-refractivity contribution >= 4 is 21.8 Å². The Kier molecular flexibility index (Phi) is 11.2. The molecule has 8 rings (SSSR count). The van der Waals surface area contributed by atoms with E-state index in [0.717, 1.165) is 60.3 Å². The molecule has 2 aliphatic rings. The number of aromatic nitrogens is 6. The van der Waals surface area contributed by atoms with Crippen LogP contribution in [0.5, 0.6) is 0 Å². The largest absolute Gasteiger partial charge is 0.315 e. The molecule has 0 bridgehead atoms. The Morgan fingerprint density at radius 3 is 1.49 bits per heavy atom. The van der Waals surface area contributed by atoms with Crippen LogP contribution in [0.4, 0.5) is 0 Å². The number of likely N-dealkylation sites (tertiary alicyclic amines) is 1. The molecule has 10 nitrogen and oxygen atoms in total. The second-order valence-corrected chi connectivity index (χ2v) is 12.3. The third-order valence-electron chi connectivity index (χ3n) is 8.80. The molecule has 0 atom stereocenters. The molecule has 0 amide bonds. The first-order valence-corrected chi connectivity index (χ1v) is 16.1. The third kappa shape index (κ3) is 7.79. The molecule has 2 aromatic carbocycles. The van der Waals surface area contributed by atoms with Crippen molar-refractivity contribution in [2.45, 2.75) is 26.7 Å². The van der Waals surface area contributed by atoms with Crippen LogP contribution in [0.2, 0.25) is 0 Å². The molecule has 51 heavy (non-hydrogen) atoms. The van der Waals surface area contributed by atoms with E-state index in [2.05, 4.69) is 50.9 Å². The summed E-state index contributed by atoms with van der Waals surface area (Å²) in [6.07, 6.45) is 3.44. The highest BCUT2D eigenvalue weighted by molar-refractivity contribution is 5.80. The van der Waals surface area contributed by atoms with Crippen LogP contribution in [0.3, 0.4) is 0 Å². The van der Waals surface area contributed by atoms with Gasteiger partial charge in [0.25, 0.3) is 11.1 Å². The highest BCUT2D eigenvalue weighted by atomic mass is 16.1. The molecule has 2 saturated heterocycles. The van der Waals surface area contributed by atoms with E-state index in [4.69, 9.17) is 9.97 Å². The second kappa shape index (κ2) is 15.7. The van der Waals surface area contributed by atoms with E-state index in [0.29, 0.717) is 33.6 Å². The van der Waals surface area contributed by atoms with Crippen LogP contribution in [0.1, 0.15) is 60.9 Å². The fourth-order valence-electron chi connectivity index (χ4n) is 5.94. The summed E-state index contributed by atoms with van der Waals surface area (Å²) in [6, 6.07) is 22.4. The molecule has 0 radical (unpaired) electrons. The first-order chi connectivity index (χ1) is 23.8. The Balaban J connectivity index is 0.000000190. The van der Waals surface area contributed by atoms with Gasteiger partial charge in [-0.05, 0) is 79.6 Å². The second-order valence-electron chi connectivity index (χ2n) is 12.3. The average molecular weight is 679 g/mol. The number of rotatable bonds is 2. The number of hydrogen-bond donors (Lipinski definition) is 1. The molecule has 1 N–H and O–H groups in total. The van der Waals surface area contributed by atoms with E-state index < -0.39 is 0 Å². The maximum Gasteiger partial charge on any atom is 0.261 e. The van der Waals surface area contributed by atoms with Gasteiger partial charge in [-0.2, -0.15) is 0 Å². The van der Waals surface area contributed by atoms with Crippen LogP contribution in [0.25, 0.3) is 21.8 Å². The summed E-state index contributed by atoms with van der Waals surface area (Å²) in [5.74, 6) is 14.6. The Hall–Kier alpha value is -5.94. The van der Waals surface area contributed by atoms with Gasteiger partial charge < -0.3 is 10.2 Å². The number of likely N-dealkylation sites (N-methyl/N-ethyl adjacent to an activating group) is 1. The van der Waals surface area contributed by atoms with Gasteiger partial charge in [-0.1, -0.05) is 38.8 Å². The lowest BCUT2D eigenvalue weighted by molar-refractivity contribution is 0.180. The van der Waals surface area contributed by atoms with Crippen LogP contribution >= 0.6 is 0 Å². The topological polar surface area (TPSA) is 111 Å². The zero-order chi connectivity index (χ0) is 33.9. The number of hydrogen-bond acceptors (Lipinski definition) is 8. The molecule has 0 spiro atoms. The van der Waals surface area contributed by atoms with Crippen LogP contribution in [0.15, 0.2) is 94.8 Å². The summed E-state index contributed by atoms with van der Waals surface area (Å²) in [6.45, 7) is 3.60. The van der Waals surface area contributed by atoms with Gasteiger partial charge in [0.1, 0.15) is 23.0 Å². The van der Waals surface area contributed by atoms with Crippen molar-refractivity contribution in [2.75, 3.05) is 33.2 Å². The molecule has 0 aliphatic carbocycles. The summed E-state index contributed by atoms with van der Waals surface area (Å²) in [5, 5.41) is 4.47. The third-order valence-corrected chi connectivity index (χ3v) is 8.80. The number of benzene rings is 2. The van der Waals surface area contributed by atoms with E-state index in [9.17, 15) is 9.59 Å². The van der Waals surface area contributed by atoms with Crippen molar-refractivity contribution in [3.63, 3.8) is 0 Å². The quantitative estimate of drug-likeness (QED) is 0.268. The highest BCUT2D eigenvalue weighted by Crippen LogP contribution is 2.24. The monoisotopic (exact) mass is 678 g/mol. The normalized spacial score (nSPS) is 13.9. The van der Waals surface area contributed by atoms with Gasteiger partial charge in [0.2, 0.25) is 0 Å². The summed E-state index contributed by atoms with van der Waals surface area (Å²) in [7, 11) is 5.66. The Morgan fingerprint density at radius 1 is 0.627 bits per heavy atom. The van der Waals surface area contributed by atoms with Crippen LogP contribution in [-0.4, -0.2) is 67.2 Å². The molecule has 4 aromatic heterocycles. The van der Waals surface area contributed by atoms with E-state index in [1.54, 1.807) is 41.7 Å². The number of nitrogens with one attached hydrogen (secondary N) is 1. The van der Waals surface area contributed by atoms with Crippen molar-refractivity contribution in [1.29, 1.82) is 0 Å². The molecule has 2 fully saturated rings. The van der Waals surface area contributed by atoms with Crippen LogP contribution < -0.4 is 16.4 Å². The van der Waals surface area contributed by atoms with Gasteiger partial charge in [0, 0.05) is 75.6 Å². The standard InChI is InChI=1S/C20H18N4O.C19H16N4O.2CH4/c1-23-12-15(13-23)19-22-18-11-14(6-8-16-5-3-4-10-21-16)7-9-17(18)20(25)24(19)2;1-23-18(14-11-20-12-14)22-17-10-13(6-8-16(17)19(23)24)5-7-15-4-2-3-9-21-15;;/h3-5,7,9-11,15H,12-13H2,1-2H3;2-4,6,8-10,14,20H,11-12H2,1H3;2*1H4. The van der Waals surface area contributed by atoms with Gasteiger partial charge in [-0.25, -0.2) is 19.9 Å². The molecule has 0 saturated carbocycles. The molecular weight excluding hydrogens is 637 g/mol. The average Bonchev–Trinajstić information content (AvgIpc) is 3.09. The van der Waals surface area contributed by atoms with Gasteiger partial charge in [0.05, 0.1) is 21.8 Å². The first kappa shape index (κ1) is 36.3. The highest BCUT2D eigenvalue weighted by Gasteiger charge is 2.29. The van der Waals surface area contributed by atoms with E-state index in [1.165, 1.54) is 0 Å². The Labute approximate surface area is 298 Å². The SMILES string of the molecule is C.C.CN1CC(c2nc3cc(C#Cc4ccccn4)ccc3c(=O)n2C)C1.Cn1c(C2CNC2)nc2cc(C#Cc3ccccn3)ccc2c1=O. The van der Waals surface area contributed by atoms with Crippen molar-refractivity contribution < 1.29 is 0 Å². The van der Waals surface area contributed by atoms with Gasteiger partial charge in [-0.15, -0.1) is 0 Å². The van der Waals surface area contributed by atoms with Gasteiger partial charge in [-0.3, -0.25) is 18.7 Å². The number of pyridine rings is 2. The lowest BCUT2D eigenvalue weighted by atomic mass is 9.99. The van der Waals surface area contributed by atoms with Gasteiger partial charge >= 0.3 is 0 Å². The van der Waals surface area contributed by atoms with Gasteiger partial charge in [0.15, 0.2) is 0 Å². The minimum absolute atomic E-state index is 0. The number of nitrogens with zero attached hydrogens (tertiary/aromatic N) is 7. The van der Waals surface area contributed by atoms with Crippen LogP contribution in [0, 0.1) is 23.7 Å². The molecule has 0 unspecified atom stereocenters. The maximum absolute atomic E-state index is 12.6. The fraction of sp³-hybridized carbons (Fsp3) is 0.268. The van der Waals surface area contributed by atoms with Crippen molar-refractivity contribution in [3.8, 4) is 23.7 Å². The smallest absolute Gasteiger partial charge is 0.261 e. The summed E-state index contributed by atoms with van der Waals surface area (Å²) in [5.41, 5.74) is 4.49. The van der Waals surface area contributed by atoms with E-state index >= 15 is 0 Å². The predicted octanol–water partition coefficient (Wildman–Crippen LogP) is 4.44. The predicted molar refractivity (Wildman–Crippen MR) is 204 cm³/mol. The zero-order valence-electron chi connectivity index (χ0n) is 27.5. The maximum atomic E-state index is 12.6. The zero-order valence-corrected chi connectivity index (χ0v) is 27.5. The van der Waals surface area contributed by atoms with Crippen molar-refractivity contribution in [2.24, 2.45) is 14.1 Å². The molecule has 6 heterocycles. The molecule has 10 heteroatoms. The van der Waals surface area contributed by atoms with E-state index in [1.807, 2.05) is 66.7 Å². The molecule has 258 valence electrons. The molecule has 2 aliphatic heterocycles. The Morgan fingerprint density at radius 2 is 1.10 bits per heavy atom. The summed E-state index contributed by atoms with van der Waals surface area (Å²) in [4.78, 5) is 45.2. The molecule has 6 aromatic rings. The van der Waals surface area contributed by atoms with E-state index in [-0.39, 0.29) is 26.0 Å². The van der Waals surface area contributed by atoms with Crippen LogP contribution in [-0.2, 0) is 14.1 Å². The van der Waals surface area contributed by atoms with Crippen molar-refractivity contribution in [3.05, 3.63) is 140 Å². The minimum atomic E-state index is -0.00821. The number of fused-ring (bicyclic) bond motifs is 2. The minimum Gasteiger partial charge on any atom is -0.315 e. The Bertz CT molecular complexity index is 2420. The fourth-order valence-corrected chi connectivity index (χ4v) is 5.94. The summed E-state index contributed by atoms with van der Waals surface area (Å²) >= 11 is 0. The summed E-state index contributed by atoms with van der Waals surface area (Å²) < 4.78 is 3.34. The first-order valence-electron chi connectivity index (χ1n) is 16.1. The lowest BCUT2D eigenvalue weighted by Gasteiger charge is -2.36. The van der Waals surface area contributed by atoms with Crippen molar-refractivity contribution in [1.82, 2.24) is 39.3 Å². The molecular formula is C41H42N8O2. The lowest BCUT2D eigenvalue weighted by Crippen LogP contribution is -2.44.